The second kappa shape index (κ2) is 9.07. The van der Waals surface area contributed by atoms with Crippen molar-refractivity contribution in [1.82, 2.24) is 5.32 Å². The summed E-state index contributed by atoms with van der Waals surface area (Å²) in [5.41, 5.74) is 2.00. The van der Waals surface area contributed by atoms with E-state index in [0.29, 0.717) is 18.7 Å². The smallest absolute Gasteiger partial charge is 0.257 e. The van der Waals surface area contributed by atoms with Crippen molar-refractivity contribution < 1.29 is 19.1 Å². The molecule has 6 heteroatoms. The Hall–Kier alpha value is -3.02. The van der Waals surface area contributed by atoms with Crippen LogP contribution in [0.4, 0.5) is 5.69 Å². The average Bonchev–Trinajstić information content (AvgIpc) is 3.13. The second-order valence-corrected chi connectivity index (χ2v) is 6.38. The summed E-state index contributed by atoms with van der Waals surface area (Å²) in [4.78, 5) is 25.4. The average molecular weight is 368 g/mol. The molecule has 0 aliphatic carbocycles. The second-order valence-electron chi connectivity index (χ2n) is 6.38. The van der Waals surface area contributed by atoms with Crippen LogP contribution in [-0.4, -0.2) is 38.6 Å². The molecule has 0 bridgehead atoms. The van der Waals surface area contributed by atoms with Gasteiger partial charge in [0.05, 0.1) is 7.11 Å². The van der Waals surface area contributed by atoms with Gasteiger partial charge in [-0.05, 0) is 54.8 Å². The Kier molecular flexibility index (Phi) is 6.30. The number of amides is 2. The maximum absolute atomic E-state index is 11.9. The highest BCUT2D eigenvalue weighted by atomic mass is 16.5. The van der Waals surface area contributed by atoms with Crippen molar-refractivity contribution in [2.45, 2.75) is 19.3 Å². The molecule has 0 spiro atoms. The monoisotopic (exact) mass is 368 g/mol. The first-order chi connectivity index (χ1) is 13.2. The molecule has 0 saturated carbocycles. The molecule has 1 aliphatic heterocycles. The minimum atomic E-state index is -0.165. The summed E-state index contributed by atoms with van der Waals surface area (Å²) in [7, 11) is 1.63. The lowest BCUT2D eigenvalue weighted by molar-refractivity contribution is -0.123. The molecule has 1 aliphatic rings. The summed E-state index contributed by atoms with van der Waals surface area (Å²) in [6.45, 7) is 1.27. The van der Waals surface area contributed by atoms with Gasteiger partial charge in [-0.1, -0.05) is 12.1 Å². The molecule has 142 valence electrons. The van der Waals surface area contributed by atoms with Gasteiger partial charge in [0.1, 0.15) is 11.5 Å². The topological polar surface area (TPSA) is 67.9 Å². The van der Waals surface area contributed by atoms with Crippen LogP contribution in [0.15, 0.2) is 48.5 Å². The molecule has 0 radical (unpaired) electrons. The van der Waals surface area contributed by atoms with Crippen molar-refractivity contribution in [3.05, 3.63) is 54.1 Å². The number of anilines is 1. The van der Waals surface area contributed by atoms with Gasteiger partial charge in [0.15, 0.2) is 6.61 Å². The lowest BCUT2D eigenvalue weighted by Gasteiger charge is -2.16. The highest BCUT2D eigenvalue weighted by Crippen LogP contribution is 2.23. The highest BCUT2D eigenvalue weighted by Gasteiger charge is 2.21. The number of benzene rings is 2. The zero-order valence-electron chi connectivity index (χ0n) is 15.4. The molecular weight excluding hydrogens is 344 g/mol. The van der Waals surface area contributed by atoms with Crippen molar-refractivity contribution in [3.63, 3.8) is 0 Å². The first-order valence-electron chi connectivity index (χ1n) is 9.08. The van der Waals surface area contributed by atoms with E-state index in [-0.39, 0.29) is 18.4 Å². The Bertz CT molecular complexity index is 772. The lowest BCUT2D eigenvalue weighted by Crippen LogP contribution is -2.30. The summed E-state index contributed by atoms with van der Waals surface area (Å²) in [5, 5.41) is 2.84. The third-order valence-electron chi connectivity index (χ3n) is 4.49. The van der Waals surface area contributed by atoms with Crippen LogP contribution in [0.2, 0.25) is 0 Å². The quantitative estimate of drug-likeness (QED) is 0.778. The normalized spacial score (nSPS) is 13.5. The largest absolute Gasteiger partial charge is 0.497 e. The van der Waals surface area contributed by atoms with Crippen molar-refractivity contribution in [2.24, 2.45) is 0 Å². The molecule has 27 heavy (non-hydrogen) atoms. The van der Waals surface area contributed by atoms with Crippen LogP contribution in [0.5, 0.6) is 11.5 Å². The van der Waals surface area contributed by atoms with Crippen molar-refractivity contribution in [2.75, 3.05) is 31.7 Å². The Morgan fingerprint density at radius 2 is 1.78 bits per heavy atom. The third-order valence-corrected chi connectivity index (χ3v) is 4.49. The van der Waals surface area contributed by atoms with Gasteiger partial charge in [0.25, 0.3) is 5.91 Å². The standard InChI is InChI=1S/C21H24N2O4/c1-26-18-8-4-16(5-9-18)12-13-22-20(24)15-27-19-10-6-17(7-11-19)23-14-2-3-21(23)25/h4-11H,2-3,12-15H2,1H3,(H,22,24). The number of hydrogen-bond acceptors (Lipinski definition) is 4. The Balaban J connectivity index is 1.39. The molecule has 1 heterocycles. The molecule has 3 rings (SSSR count). The summed E-state index contributed by atoms with van der Waals surface area (Å²) in [6, 6.07) is 15.0. The number of ether oxygens (including phenoxy) is 2. The maximum Gasteiger partial charge on any atom is 0.257 e. The van der Waals surface area contributed by atoms with Crippen LogP contribution in [0.3, 0.4) is 0 Å². The van der Waals surface area contributed by atoms with Gasteiger partial charge in [-0.3, -0.25) is 9.59 Å². The van der Waals surface area contributed by atoms with Gasteiger partial charge in [0, 0.05) is 25.2 Å². The van der Waals surface area contributed by atoms with E-state index in [2.05, 4.69) is 5.32 Å². The minimum absolute atomic E-state index is 0.0371. The number of hydrogen-bond donors (Lipinski definition) is 1. The van der Waals surface area contributed by atoms with Gasteiger partial charge >= 0.3 is 0 Å². The SMILES string of the molecule is COc1ccc(CCNC(=O)COc2ccc(N3CCCC3=O)cc2)cc1. The summed E-state index contributed by atoms with van der Waals surface area (Å²) in [5.74, 6) is 1.41. The highest BCUT2D eigenvalue weighted by molar-refractivity contribution is 5.95. The number of nitrogens with one attached hydrogen (secondary N) is 1. The van der Waals surface area contributed by atoms with Gasteiger partial charge in [-0.25, -0.2) is 0 Å². The van der Waals surface area contributed by atoms with Crippen LogP contribution < -0.4 is 19.7 Å². The number of methoxy groups -OCH3 is 1. The summed E-state index contributed by atoms with van der Waals surface area (Å²) in [6.07, 6.45) is 2.25. The molecule has 2 amide bonds. The Labute approximate surface area is 159 Å². The van der Waals surface area contributed by atoms with E-state index >= 15 is 0 Å². The van der Waals surface area contributed by atoms with E-state index in [1.807, 2.05) is 36.4 Å². The number of nitrogens with zero attached hydrogens (tertiary/aromatic N) is 1. The van der Waals surface area contributed by atoms with Crippen molar-refractivity contribution in [3.8, 4) is 11.5 Å². The Morgan fingerprint density at radius 1 is 1.07 bits per heavy atom. The zero-order chi connectivity index (χ0) is 19.1. The van der Waals surface area contributed by atoms with Crippen LogP contribution in [0.1, 0.15) is 18.4 Å². The van der Waals surface area contributed by atoms with E-state index in [0.717, 1.165) is 36.4 Å². The number of carbonyl (C=O) groups is 2. The van der Waals surface area contributed by atoms with E-state index in [4.69, 9.17) is 9.47 Å². The van der Waals surface area contributed by atoms with Crippen molar-refractivity contribution in [1.29, 1.82) is 0 Å². The molecule has 2 aromatic carbocycles. The Morgan fingerprint density at radius 3 is 2.41 bits per heavy atom. The molecule has 6 nitrogen and oxygen atoms in total. The molecule has 0 atom stereocenters. The van der Waals surface area contributed by atoms with Gasteiger partial charge in [-0.15, -0.1) is 0 Å². The van der Waals surface area contributed by atoms with Gasteiger partial charge < -0.3 is 19.7 Å². The fraction of sp³-hybridized carbons (Fsp3) is 0.333. The number of carbonyl (C=O) groups excluding carboxylic acids is 2. The van der Waals surface area contributed by atoms with E-state index in [1.165, 1.54) is 0 Å². The molecule has 0 unspecified atom stereocenters. The molecule has 0 aromatic heterocycles. The maximum atomic E-state index is 11.9. The molecule has 2 aromatic rings. The molecule has 1 saturated heterocycles. The van der Waals surface area contributed by atoms with E-state index in [1.54, 1.807) is 24.1 Å². The van der Waals surface area contributed by atoms with Crippen LogP contribution in [-0.2, 0) is 16.0 Å². The summed E-state index contributed by atoms with van der Waals surface area (Å²) >= 11 is 0. The van der Waals surface area contributed by atoms with Crippen molar-refractivity contribution >= 4 is 17.5 Å². The third kappa shape index (κ3) is 5.23. The lowest BCUT2D eigenvalue weighted by atomic mass is 10.1. The molecule has 1 N–H and O–H groups in total. The summed E-state index contributed by atoms with van der Waals surface area (Å²) < 4.78 is 10.6. The van der Waals surface area contributed by atoms with E-state index < -0.39 is 0 Å². The zero-order valence-corrected chi connectivity index (χ0v) is 15.4. The molecular formula is C21H24N2O4. The predicted molar refractivity (Wildman–Crippen MR) is 103 cm³/mol. The van der Waals surface area contributed by atoms with E-state index in [9.17, 15) is 9.59 Å². The van der Waals surface area contributed by atoms with Gasteiger partial charge in [0.2, 0.25) is 5.91 Å². The predicted octanol–water partition coefficient (Wildman–Crippen LogP) is 2.56. The first kappa shape index (κ1) is 18.8. The number of rotatable bonds is 8. The van der Waals surface area contributed by atoms with Gasteiger partial charge in [-0.2, -0.15) is 0 Å². The van der Waals surface area contributed by atoms with Crippen LogP contribution in [0.25, 0.3) is 0 Å². The molecule has 1 fully saturated rings. The first-order valence-corrected chi connectivity index (χ1v) is 9.08. The fourth-order valence-corrected chi connectivity index (χ4v) is 2.98. The van der Waals surface area contributed by atoms with Crippen LogP contribution >= 0.6 is 0 Å². The fourth-order valence-electron chi connectivity index (χ4n) is 2.98. The van der Waals surface area contributed by atoms with Crippen LogP contribution in [0, 0.1) is 0 Å². The minimum Gasteiger partial charge on any atom is -0.497 e.